The Balaban J connectivity index is 1.72. The van der Waals surface area contributed by atoms with E-state index >= 15 is 9.59 Å². The van der Waals surface area contributed by atoms with E-state index in [2.05, 4.69) is 47.8 Å². The van der Waals surface area contributed by atoms with Crippen LogP contribution in [0.2, 0.25) is 0 Å². The molecule has 24 nitrogen and oxygen atoms in total. The molecule has 4 heterocycles. The number of sulfonamides is 1. The summed E-state index contributed by atoms with van der Waals surface area (Å²) in [6.07, 6.45) is -14.8. The van der Waals surface area contributed by atoms with E-state index in [1.807, 2.05) is 27.7 Å². The first kappa shape index (κ1) is 76.7. The lowest BCUT2D eigenvalue weighted by Crippen LogP contribution is -2.59. The van der Waals surface area contributed by atoms with Gasteiger partial charge in [-0.3, -0.25) is 19.3 Å². The lowest BCUT2D eigenvalue weighted by molar-refractivity contribution is -0.305. The molecular formula is C65H110N4O20S. The van der Waals surface area contributed by atoms with E-state index in [1.165, 1.54) is 40.4 Å². The molecule has 1 aromatic rings. The fourth-order valence-electron chi connectivity index (χ4n) is 13.0. The summed E-state index contributed by atoms with van der Waals surface area (Å²) in [7, 11) is 0.209. The molecule has 516 valence electrons. The van der Waals surface area contributed by atoms with Crippen molar-refractivity contribution in [1.82, 2.24) is 14.9 Å². The number of ketones is 1. The first-order chi connectivity index (χ1) is 41.9. The molecule has 0 aromatic heterocycles. The molecule has 25 heteroatoms. The maximum absolute atomic E-state index is 16.1. The van der Waals surface area contributed by atoms with Crippen molar-refractivity contribution < 1.29 is 94.8 Å². The minimum absolute atomic E-state index is 0.0130. The second-order valence-electron chi connectivity index (χ2n) is 28.4. The van der Waals surface area contributed by atoms with E-state index in [0.717, 1.165) is 6.54 Å². The number of alkyl carbamates (subject to hydrolysis) is 1. The van der Waals surface area contributed by atoms with Gasteiger partial charge in [0.1, 0.15) is 43.7 Å². The molecule has 5 rings (SSSR count). The molecule has 4 aliphatic rings. The number of nitrogens with one attached hydrogen (secondary N) is 2. The molecule has 4 aliphatic heterocycles. The summed E-state index contributed by atoms with van der Waals surface area (Å²) < 4.78 is 101. The summed E-state index contributed by atoms with van der Waals surface area (Å²) in [6, 6.07) is 7.70. The Morgan fingerprint density at radius 3 is 2.06 bits per heavy atom. The number of esters is 2. The van der Waals surface area contributed by atoms with Crippen LogP contribution in [0.5, 0.6) is 0 Å². The molecular weight excluding hydrogens is 1190 g/mol. The first-order valence-corrected chi connectivity index (χ1v) is 33.5. The molecule has 0 radical (unpaired) electrons. The molecule has 1 aromatic carbocycles. The number of hydrogen-bond donors (Lipinski definition) is 4. The van der Waals surface area contributed by atoms with Crippen molar-refractivity contribution in [2.24, 2.45) is 52.0 Å². The van der Waals surface area contributed by atoms with Crippen molar-refractivity contribution in [2.75, 3.05) is 47.6 Å². The highest BCUT2D eigenvalue weighted by Gasteiger charge is 2.53. The first-order valence-electron chi connectivity index (χ1n) is 32.0. The standard InChI is InChI=1S/C65H110N4O20S/c1-35(2)27-48(70)85-54-42(9)53(37(4)32-81-61-57(79-20)56(78-19)50(71)45(12)84-61)87-59(74)44(11)55(86-49-28-38(5)69(31-40(7)82-49)34-63(13,14)15)41(8)52(88-60-51(72)47(68-80-21)29-39(6)83-60)36(3)30-65(18,58(73)43(54)10)89-62(75)67-64(16,17)33-66-90(76,77)46-25-23-22-24-26-46/h22-26,35-45,49-57,60-61,66,71-72H,27-34H2,1-21H3,(H,67,75)/t36-,37-,38+,39+,40-,41+,42-,43+,44+,45+,49-,50+,51+,52-,53+,54+,55-,56+,57+,60-,61+,65-/m0/s1. The van der Waals surface area contributed by atoms with Gasteiger partial charge in [0.15, 0.2) is 30.3 Å². The number of oxime groups is 1. The quantitative estimate of drug-likeness (QED) is 0.0538. The summed E-state index contributed by atoms with van der Waals surface area (Å²) in [5.74, 6) is -8.14. The van der Waals surface area contributed by atoms with Crippen LogP contribution in [-0.4, -0.2) is 204 Å². The number of carbonyl (C=O) groups excluding carboxylic acids is 4. The zero-order valence-corrected chi connectivity index (χ0v) is 58.1. The van der Waals surface area contributed by atoms with Crippen LogP contribution >= 0.6 is 0 Å². The number of benzene rings is 1. The van der Waals surface area contributed by atoms with Crippen molar-refractivity contribution in [2.45, 2.75) is 258 Å². The van der Waals surface area contributed by atoms with Crippen LogP contribution in [0.4, 0.5) is 4.79 Å². The Labute approximate surface area is 535 Å². The number of aliphatic hydroxyl groups is 2. The SMILES string of the molecule is CON=C1C[C@@H](C)O[C@@H](O[C@@H]2[C@@H](C)[C@H](O[C@H]3C[C@@H](C)N(CC(C)(C)C)C[C@H](C)O3)[C@@H](C)C(=O)O[C@H]([C@@H](C)CO[C@@H]3O[C@H](C)[C@@H](O)[C@@H](OC)[C@H]3OC)[C@H](C)[C@@H](OC(=O)CC(C)C)[C@@H](C)C(=O)[C@@](C)(OC(=O)NC(C)(C)CNS(=O)(=O)c3ccccc3)C[C@@H]2C)[C@@H]1O. The highest BCUT2D eigenvalue weighted by atomic mass is 32.2. The molecule has 0 aliphatic carbocycles. The number of Topliss-reactive ketones (excluding diaryl/α,β-unsaturated/α-hetero) is 1. The van der Waals surface area contributed by atoms with E-state index in [0.29, 0.717) is 13.0 Å². The van der Waals surface area contributed by atoms with Gasteiger partial charge in [-0.1, -0.05) is 92.6 Å². The molecule has 1 amide bonds. The van der Waals surface area contributed by atoms with Crippen LogP contribution in [0.1, 0.15) is 150 Å². The minimum atomic E-state index is -4.04. The van der Waals surface area contributed by atoms with Gasteiger partial charge in [-0.05, 0) is 91.2 Å². The van der Waals surface area contributed by atoms with E-state index < -0.39 is 160 Å². The van der Waals surface area contributed by atoms with Gasteiger partial charge in [0.2, 0.25) is 10.0 Å². The van der Waals surface area contributed by atoms with Crippen LogP contribution < -0.4 is 10.0 Å². The van der Waals surface area contributed by atoms with Crippen molar-refractivity contribution >= 4 is 39.6 Å². The van der Waals surface area contributed by atoms with Crippen LogP contribution in [0.3, 0.4) is 0 Å². The van der Waals surface area contributed by atoms with Gasteiger partial charge in [-0.25, -0.2) is 17.9 Å². The van der Waals surface area contributed by atoms with E-state index in [4.69, 9.17) is 56.9 Å². The molecule has 0 unspecified atom stereocenters. The zero-order valence-electron chi connectivity index (χ0n) is 57.3. The highest BCUT2D eigenvalue weighted by Crippen LogP contribution is 2.41. The number of carbonyl (C=O) groups is 4. The molecule has 4 fully saturated rings. The summed E-state index contributed by atoms with van der Waals surface area (Å²) >= 11 is 0. The lowest BCUT2D eigenvalue weighted by Gasteiger charge is -2.45. The Bertz CT molecular complexity index is 2610. The third-order valence-corrected chi connectivity index (χ3v) is 19.0. The predicted molar refractivity (Wildman–Crippen MR) is 334 cm³/mol. The second kappa shape index (κ2) is 32.9. The maximum Gasteiger partial charge on any atom is 0.408 e. The number of hydrogen-bond acceptors (Lipinski definition) is 22. The predicted octanol–water partition coefficient (Wildman–Crippen LogP) is 7.18. The van der Waals surface area contributed by atoms with Crippen molar-refractivity contribution in [3.05, 3.63) is 30.3 Å². The zero-order chi connectivity index (χ0) is 67.5. The average molecular weight is 1300 g/mol. The number of ether oxygens (including phenoxy) is 11. The van der Waals surface area contributed by atoms with E-state index in [9.17, 15) is 28.2 Å². The summed E-state index contributed by atoms with van der Waals surface area (Å²) in [5.41, 5.74) is -3.25. The lowest BCUT2D eigenvalue weighted by atomic mass is 9.74. The summed E-state index contributed by atoms with van der Waals surface area (Å²) in [5, 5.41) is 29.9. The van der Waals surface area contributed by atoms with E-state index in [1.54, 1.807) is 80.5 Å². The average Bonchev–Trinajstić information content (AvgIpc) is 0.859. The molecule has 4 N–H and O–H groups in total. The fourth-order valence-corrected chi connectivity index (χ4v) is 14.2. The molecule has 90 heavy (non-hydrogen) atoms. The monoisotopic (exact) mass is 1300 g/mol. The third kappa shape index (κ3) is 20.8. The van der Waals surface area contributed by atoms with Crippen LogP contribution in [0.15, 0.2) is 40.4 Å². The Hall–Kier alpha value is -3.96. The Morgan fingerprint density at radius 2 is 1.46 bits per heavy atom. The van der Waals surface area contributed by atoms with Crippen LogP contribution in [0, 0.1) is 46.8 Å². The number of amides is 1. The maximum atomic E-state index is 16.1. The largest absolute Gasteiger partial charge is 0.461 e. The van der Waals surface area contributed by atoms with Gasteiger partial charge in [-0.2, -0.15) is 0 Å². The summed E-state index contributed by atoms with van der Waals surface area (Å²) in [4.78, 5) is 68.2. The highest BCUT2D eigenvalue weighted by molar-refractivity contribution is 7.89. The van der Waals surface area contributed by atoms with Gasteiger partial charge in [0, 0.05) is 76.9 Å². The number of methoxy groups -OCH3 is 2. The van der Waals surface area contributed by atoms with Gasteiger partial charge in [0.05, 0.1) is 65.1 Å². The molecule has 0 bridgehead atoms. The second-order valence-corrected chi connectivity index (χ2v) is 30.1. The number of aliphatic hydroxyl groups excluding tert-OH is 2. The van der Waals surface area contributed by atoms with Gasteiger partial charge in [-0.15, -0.1) is 0 Å². The van der Waals surface area contributed by atoms with Crippen LogP contribution in [0.25, 0.3) is 0 Å². The molecule has 0 saturated carbocycles. The Kier molecular flexibility index (Phi) is 28.1. The molecule has 22 atom stereocenters. The van der Waals surface area contributed by atoms with Crippen molar-refractivity contribution in [3.8, 4) is 0 Å². The minimum Gasteiger partial charge on any atom is -0.461 e. The molecule has 4 saturated heterocycles. The van der Waals surface area contributed by atoms with Crippen LogP contribution in [-0.2, 0) is 81.3 Å². The smallest absolute Gasteiger partial charge is 0.408 e. The summed E-state index contributed by atoms with van der Waals surface area (Å²) in [6.45, 7) is 33.7. The van der Waals surface area contributed by atoms with Gasteiger partial charge >= 0.3 is 18.0 Å². The van der Waals surface area contributed by atoms with Gasteiger partial charge < -0.3 is 72.5 Å². The Morgan fingerprint density at radius 1 is 0.811 bits per heavy atom. The topological polar surface area (TPSA) is 293 Å². The molecule has 0 spiro atoms. The van der Waals surface area contributed by atoms with Crippen molar-refractivity contribution in [3.63, 3.8) is 0 Å². The third-order valence-electron chi connectivity index (χ3n) is 17.6. The van der Waals surface area contributed by atoms with Crippen molar-refractivity contribution in [1.29, 1.82) is 0 Å². The normalized spacial score (nSPS) is 36.7. The van der Waals surface area contributed by atoms with E-state index in [-0.39, 0.29) is 66.5 Å². The number of rotatable bonds is 21. The van der Waals surface area contributed by atoms with Gasteiger partial charge in [0.25, 0.3) is 0 Å². The number of cyclic esters (lactones) is 1. The number of nitrogens with zero attached hydrogens (tertiary/aromatic N) is 2. The fraction of sp³-hybridized carbons (Fsp3) is 0.831.